The van der Waals surface area contributed by atoms with E-state index in [1.165, 1.54) is 0 Å². The third-order valence-electron chi connectivity index (χ3n) is 2.66. The summed E-state index contributed by atoms with van der Waals surface area (Å²) in [7, 11) is 0. The largest absolute Gasteiger partial charge is 0.370 e. The van der Waals surface area contributed by atoms with Crippen molar-refractivity contribution in [2.45, 2.75) is 33.6 Å². The summed E-state index contributed by atoms with van der Waals surface area (Å²) in [6.45, 7) is 7.04. The molecule has 5 heteroatoms. The molecule has 0 radical (unpaired) electrons. The maximum atomic E-state index is 4.46. The van der Waals surface area contributed by atoms with Crippen molar-refractivity contribution in [3.05, 3.63) is 30.1 Å². The highest BCUT2D eigenvalue weighted by molar-refractivity contribution is 5.42. The first kappa shape index (κ1) is 12.5. The summed E-state index contributed by atoms with van der Waals surface area (Å²) < 4.78 is 2.01. The average molecular weight is 245 g/mol. The minimum Gasteiger partial charge on any atom is -0.370 e. The number of anilines is 1. The van der Waals surface area contributed by atoms with Gasteiger partial charge in [0.2, 0.25) is 0 Å². The molecule has 2 heterocycles. The highest BCUT2D eigenvalue weighted by Crippen LogP contribution is 2.13. The quantitative estimate of drug-likeness (QED) is 0.878. The lowest BCUT2D eigenvalue weighted by Gasteiger charge is -2.09. The number of nitrogens with zero attached hydrogens (tertiary/aromatic N) is 4. The first-order valence-electron chi connectivity index (χ1n) is 6.36. The Balaban J connectivity index is 2.35. The summed E-state index contributed by atoms with van der Waals surface area (Å²) in [5, 5.41) is 3.29. The zero-order valence-corrected chi connectivity index (χ0v) is 11.1. The Morgan fingerprint density at radius 1 is 1.28 bits per heavy atom. The minimum absolute atomic E-state index is 0.766. The molecule has 96 valence electrons. The lowest BCUT2D eigenvalue weighted by Crippen LogP contribution is -2.08. The van der Waals surface area contributed by atoms with Gasteiger partial charge in [0.1, 0.15) is 23.3 Å². The predicted octanol–water partition coefficient (Wildman–Crippen LogP) is 2.36. The molecule has 0 aliphatic carbocycles. The molecule has 2 rings (SSSR count). The van der Waals surface area contributed by atoms with E-state index < -0.39 is 0 Å². The van der Waals surface area contributed by atoms with Crippen LogP contribution in [0.15, 0.2) is 18.5 Å². The molecule has 0 aromatic carbocycles. The molecule has 5 nitrogen and oxygen atoms in total. The van der Waals surface area contributed by atoms with Gasteiger partial charge in [0.05, 0.1) is 0 Å². The summed E-state index contributed by atoms with van der Waals surface area (Å²) in [6, 6.07) is 1.96. The third kappa shape index (κ3) is 2.67. The Bertz CT molecular complexity index is 518. The molecule has 0 saturated carbocycles. The molecule has 0 atom stereocenters. The molecule has 0 aliphatic rings. The van der Waals surface area contributed by atoms with E-state index in [1.807, 2.05) is 23.8 Å². The highest BCUT2D eigenvalue weighted by Gasteiger charge is 2.07. The Morgan fingerprint density at radius 3 is 2.83 bits per heavy atom. The van der Waals surface area contributed by atoms with Crippen molar-refractivity contribution in [3.63, 3.8) is 0 Å². The number of rotatable bonds is 5. The van der Waals surface area contributed by atoms with Crippen molar-refractivity contribution >= 4 is 5.82 Å². The number of hydrogen-bond donors (Lipinski definition) is 1. The lowest BCUT2D eigenvalue weighted by atomic mass is 10.4. The fourth-order valence-corrected chi connectivity index (χ4v) is 1.82. The van der Waals surface area contributed by atoms with Crippen LogP contribution < -0.4 is 5.32 Å². The van der Waals surface area contributed by atoms with Gasteiger partial charge in [-0.15, -0.1) is 0 Å². The van der Waals surface area contributed by atoms with Crippen LogP contribution in [0.5, 0.6) is 0 Å². The van der Waals surface area contributed by atoms with Crippen molar-refractivity contribution in [1.29, 1.82) is 0 Å². The van der Waals surface area contributed by atoms with Crippen molar-refractivity contribution in [2.75, 3.05) is 11.9 Å². The van der Waals surface area contributed by atoms with Gasteiger partial charge in [0.15, 0.2) is 0 Å². The fraction of sp³-hybridized carbons (Fsp3) is 0.462. The second-order valence-electron chi connectivity index (χ2n) is 4.15. The number of aryl methyl sites for hydroxylation is 2. The van der Waals surface area contributed by atoms with Crippen LogP contribution in [0, 0.1) is 6.92 Å². The van der Waals surface area contributed by atoms with Gasteiger partial charge in [-0.1, -0.05) is 13.8 Å². The summed E-state index contributed by atoms with van der Waals surface area (Å²) in [6.07, 6.45) is 5.69. The van der Waals surface area contributed by atoms with Gasteiger partial charge in [0, 0.05) is 31.4 Å². The third-order valence-corrected chi connectivity index (χ3v) is 2.66. The van der Waals surface area contributed by atoms with Crippen LogP contribution in [-0.4, -0.2) is 26.1 Å². The number of nitrogens with one attached hydrogen (secondary N) is 1. The van der Waals surface area contributed by atoms with E-state index in [9.17, 15) is 0 Å². The first-order valence-corrected chi connectivity index (χ1v) is 6.36. The Hall–Kier alpha value is -1.91. The van der Waals surface area contributed by atoms with Crippen LogP contribution in [0.2, 0.25) is 0 Å². The minimum atomic E-state index is 0.766. The van der Waals surface area contributed by atoms with Gasteiger partial charge in [0.25, 0.3) is 0 Å². The highest BCUT2D eigenvalue weighted by atomic mass is 15.1. The Morgan fingerprint density at radius 2 is 2.11 bits per heavy atom. The van der Waals surface area contributed by atoms with Crippen LogP contribution in [0.1, 0.15) is 31.9 Å². The molecular weight excluding hydrogens is 226 g/mol. The Kier molecular flexibility index (Phi) is 3.92. The van der Waals surface area contributed by atoms with E-state index in [4.69, 9.17) is 0 Å². The number of imidazole rings is 1. The van der Waals surface area contributed by atoms with Crippen molar-refractivity contribution < 1.29 is 0 Å². The topological polar surface area (TPSA) is 55.6 Å². The number of aromatic nitrogens is 4. The molecular formula is C13H19N5. The lowest BCUT2D eigenvalue weighted by molar-refractivity contribution is 0.849. The van der Waals surface area contributed by atoms with Crippen LogP contribution in [0.3, 0.4) is 0 Å². The maximum Gasteiger partial charge on any atom is 0.143 e. The van der Waals surface area contributed by atoms with Gasteiger partial charge in [-0.25, -0.2) is 15.0 Å². The van der Waals surface area contributed by atoms with Gasteiger partial charge in [-0.05, 0) is 13.3 Å². The normalized spacial score (nSPS) is 10.6. The van der Waals surface area contributed by atoms with Gasteiger partial charge < -0.3 is 5.32 Å². The molecule has 0 aliphatic heterocycles. The van der Waals surface area contributed by atoms with Crippen LogP contribution in [-0.2, 0) is 6.42 Å². The van der Waals surface area contributed by atoms with Crippen molar-refractivity contribution in [1.82, 2.24) is 19.5 Å². The van der Waals surface area contributed by atoms with E-state index in [1.54, 1.807) is 6.20 Å². The molecule has 0 bridgehead atoms. The maximum absolute atomic E-state index is 4.46. The fourth-order valence-electron chi connectivity index (χ4n) is 1.82. The summed E-state index contributed by atoms with van der Waals surface area (Å²) in [5.41, 5.74) is 0. The van der Waals surface area contributed by atoms with Crippen molar-refractivity contribution in [3.8, 4) is 5.82 Å². The molecule has 0 amide bonds. The standard InChI is InChI=1S/C13H19N5/c1-4-6-14-11-9-13(17-10(3)16-11)18-8-7-15-12(18)5-2/h7-9H,4-6H2,1-3H3,(H,14,16,17). The summed E-state index contributed by atoms with van der Waals surface area (Å²) in [5.74, 6) is 3.52. The SMILES string of the molecule is CCCNc1cc(-n2ccnc2CC)nc(C)n1. The van der Waals surface area contributed by atoms with E-state index in [-0.39, 0.29) is 0 Å². The molecule has 0 spiro atoms. The average Bonchev–Trinajstić information content (AvgIpc) is 2.84. The van der Waals surface area contributed by atoms with Crippen LogP contribution in [0.4, 0.5) is 5.82 Å². The molecule has 2 aromatic heterocycles. The van der Waals surface area contributed by atoms with E-state index in [0.717, 1.165) is 42.7 Å². The van der Waals surface area contributed by atoms with Crippen LogP contribution in [0.25, 0.3) is 5.82 Å². The van der Waals surface area contributed by atoms with Gasteiger partial charge >= 0.3 is 0 Å². The monoisotopic (exact) mass is 245 g/mol. The second kappa shape index (κ2) is 5.62. The predicted molar refractivity (Wildman–Crippen MR) is 72.0 cm³/mol. The Labute approximate surface area is 107 Å². The van der Waals surface area contributed by atoms with E-state index in [0.29, 0.717) is 0 Å². The van der Waals surface area contributed by atoms with Gasteiger partial charge in [-0.2, -0.15) is 0 Å². The van der Waals surface area contributed by atoms with E-state index in [2.05, 4.69) is 34.1 Å². The summed E-state index contributed by atoms with van der Waals surface area (Å²) >= 11 is 0. The van der Waals surface area contributed by atoms with Crippen molar-refractivity contribution in [2.24, 2.45) is 0 Å². The van der Waals surface area contributed by atoms with E-state index >= 15 is 0 Å². The van der Waals surface area contributed by atoms with Crippen LogP contribution >= 0.6 is 0 Å². The smallest absolute Gasteiger partial charge is 0.143 e. The zero-order valence-electron chi connectivity index (χ0n) is 11.1. The molecule has 0 saturated heterocycles. The van der Waals surface area contributed by atoms with Gasteiger partial charge in [-0.3, -0.25) is 4.57 Å². The summed E-state index contributed by atoms with van der Waals surface area (Å²) in [4.78, 5) is 13.2. The molecule has 2 aromatic rings. The molecule has 0 unspecified atom stereocenters. The zero-order chi connectivity index (χ0) is 13.0. The first-order chi connectivity index (χ1) is 8.74. The molecule has 18 heavy (non-hydrogen) atoms. The molecule has 1 N–H and O–H groups in total. The second-order valence-corrected chi connectivity index (χ2v) is 4.15. The number of hydrogen-bond acceptors (Lipinski definition) is 4. The molecule has 0 fully saturated rings.